The molecule has 0 amide bonds. The maximum atomic E-state index is 6.07. The van der Waals surface area contributed by atoms with Gasteiger partial charge in [0, 0.05) is 6.20 Å². The Hall–Kier alpha value is -0.990. The minimum Gasteiger partial charge on any atom is -0.239 e. The summed E-state index contributed by atoms with van der Waals surface area (Å²) in [4.78, 5) is 0. The van der Waals surface area contributed by atoms with E-state index in [0.717, 1.165) is 11.3 Å². The number of nitrogens with zero attached hydrogens (tertiary/aromatic N) is 2. The largest absolute Gasteiger partial charge is 0.239 e. The fraction of sp³-hybridized carbons (Fsp3) is 0.0909. The van der Waals surface area contributed by atoms with E-state index in [1.165, 1.54) is 0 Å². The molecule has 2 aromatic rings. The van der Waals surface area contributed by atoms with Gasteiger partial charge in [-0.1, -0.05) is 29.3 Å². The van der Waals surface area contributed by atoms with Gasteiger partial charge in [-0.3, -0.25) is 0 Å². The normalized spacial score (nSPS) is 10.6. The lowest BCUT2D eigenvalue weighted by Gasteiger charge is -2.04. The molecule has 1 aromatic carbocycles. The van der Waals surface area contributed by atoms with Crippen molar-refractivity contribution in [3.63, 3.8) is 0 Å². The van der Waals surface area contributed by atoms with Gasteiger partial charge in [-0.15, -0.1) is 0 Å². The highest BCUT2D eigenvalue weighted by Crippen LogP contribution is 2.28. The third-order valence-electron chi connectivity index (χ3n) is 2.10. The Bertz CT molecular complexity index is 477. The summed E-state index contributed by atoms with van der Waals surface area (Å²) in [5.74, 6) is 0. The molecule has 0 saturated heterocycles. The van der Waals surface area contributed by atoms with Crippen LogP contribution in [0, 0.1) is 6.92 Å². The van der Waals surface area contributed by atoms with Crippen LogP contribution in [0.4, 0.5) is 0 Å². The van der Waals surface area contributed by atoms with Gasteiger partial charge in [0.1, 0.15) is 0 Å². The third kappa shape index (κ3) is 2.01. The number of hydrogen-bond donors (Lipinski definition) is 0. The number of rotatable bonds is 2. The zero-order chi connectivity index (χ0) is 10.8. The molecule has 0 saturated carbocycles. The van der Waals surface area contributed by atoms with Gasteiger partial charge in [0.15, 0.2) is 0 Å². The van der Waals surface area contributed by atoms with Gasteiger partial charge in [-0.25, -0.2) is 4.68 Å². The van der Waals surface area contributed by atoms with Crippen molar-refractivity contribution in [2.24, 2.45) is 0 Å². The Morgan fingerprint density at radius 3 is 2.80 bits per heavy atom. The molecule has 0 fully saturated rings. The van der Waals surface area contributed by atoms with Crippen molar-refractivity contribution < 1.29 is 0 Å². The molecule has 2 rings (SSSR count). The fourth-order valence-electron chi connectivity index (χ4n) is 1.29. The molecule has 0 aliphatic heterocycles. The van der Waals surface area contributed by atoms with E-state index in [4.69, 9.17) is 23.2 Å². The van der Waals surface area contributed by atoms with Gasteiger partial charge in [0.2, 0.25) is 0 Å². The minimum atomic E-state index is 0.512. The molecule has 2 nitrogen and oxygen atoms in total. The van der Waals surface area contributed by atoms with E-state index in [-0.39, 0.29) is 0 Å². The molecule has 4 heteroatoms. The summed E-state index contributed by atoms with van der Waals surface area (Å²) in [5, 5.41) is 5.23. The highest BCUT2D eigenvalue weighted by Gasteiger charge is 2.07. The maximum Gasteiger partial charge on any atom is 0.0849 e. The summed E-state index contributed by atoms with van der Waals surface area (Å²) in [6.07, 6.45) is 4.37. The summed E-state index contributed by atoms with van der Waals surface area (Å²) < 4.78 is 1.70. The van der Waals surface area contributed by atoms with E-state index >= 15 is 0 Å². The molecule has 1 aromatic heterocycles. The van der Waals surface area contributed by atoms with Crippen LogP contribution in [-0.2, 0) is 6.42 Å². The van der Waals surface area contributed by atoms with Crippen molar-refractivity contribution in [3.05, 3.63) is 53.1 Å². The molecular formula is C11H9Cl2N2. The fourth-order valence-corrected chi connectivity index (χ4v) is 1.67. The van der Waals surface area contributed by atoms with Gasteiger partial charge in [0.25, 0.3) is 0 Å². The van der Waals surface area contributed by atoms with E-state index in [1.54, 1.807) is 16.9 Å². The highest BCUT2D eigenvalue weighted by atomic mass is 35.5. The monoisotopic (exact) mass is 239 g/mol. The predicted octanol–water partition coefficient (Wildman–Crippen LogP) is 3.56. The predicted molar refractivity (Wildman–Crippen MR) is 62.6 cm³/mol. The quantitative estimate of drug-likeness (QED) is 0.784. The van der Waals surface area contributed by atoms with Crippen molar-refractivity contribution in [2.75, 3.05) is 0 Å². The van der Waals surface area contributed by atoms with Crippen LogP contribution in [0.1, 0.15) is 5.56 Å². The summed E-state index contributed by atoms with van der Waals surface area (Å²) in [6, 6.07) is 5.46. The van der Waals surface area contributed by atoms with Gasteiger partial charge in [-0.05, 0) is 31.0 Å². The van der Waals surface area contributed by atoms with E-state index in [0.29, 0.717) is 16.5 Å². The highest BCUT2D eigenvalue weighted by molar-refractivity contribution is 6.43. The second-order valence-electron chi connectivity index (χ2n) is 3.12. The first-order valence-corrected chi connectivity index (χ1v) is 5.25. The average Bonchev–Trinajstić information content (AvgIpc) is 2.70. The zero-order valence-electron chi connectivity index (χ0n) is 7.95. The Balaban J connectivity index is 2.49. The second kappa shape index (κ2) is 4.25. The Labute approximate surface area is 98.4 Å². The molecule has 15 heavy (non-hydrogen) atoms. The Morgan fingerprint density at radius 1 is 1.33 bits per heavy atom. The van der Waals surface area contributed by atoms with Crippen molar-refractivity contribution in [3.8, 4) is 5.69 Å². The first kappa shape index (κ1) is 10.5. The molecule has 0 aliphatic carbocycles. The zero-order valence-corrected chi connectivity index (χ0v) is 9.46. The lowest BCUT2D eigenvalue weighted by atomic mass is 10.3. The van der Waals surface area contributed by atoms with E-state index in [2.05, 4.69) is 12.0 Å². The first-order chi connectivity index (χ1) is 7.22. The molecule has 77 valence electrons. The van der Waals surface area contributed by atoms with Crippen LogP contribution in [0.25, 0.3) is 5.69 Å². The first-order valence-electron chi connectivity index (χ1n) is 4.49. The lowest BCUT2D eigenvalue weighted by Crippen LogP contribution is -1.95. The van der Waals surface area contributed by atoms with Crippen LogP contribution in [0.5, 0.6) is 0 Å². The number of benzene rings is 1. The van der Waals surface area contributed by atoms with Crippen molar-refractivity contribution >= 4 is 23.2 Å². The second-order valence-corrected chi connectivity index (χ2v) is 3.90. The van der Waals surface area contributed by atoms with Crippen LogP contribution in [0.3, 0.4) is 0 Å². The number of hydrogen-bond acceptors (Lipinski definition) is 1. The topological polar surface area (TPSA) is 17.8 Å². The van der Waals surface area contributed by atoms with Crippen molar-refractivity contribution in [1.82, 2.24) is 9.78 Å². The third-order valence-corrected chi connectivity index (χ3v) is 2.91. The van der Waals surface area contributed by atoms with Gasteiger partial charge in [0.05, 0.1) is 21.9 Å². The van der Waals surface area contributed by atoms with Crippen molar-refractivity contribution in [1.29, 1.82) is 0 Å². The summed E-state index contributed by atoms with van der Waals surface area (Å²) in [6.45, 7) is 3.79. The smallest absolute Gasteiger partial charge is 0.0849 e. The molecule has 0 bridgehead atoms. The maximum absolute atomic E-state index is 6.07. The molecular weight excluding hydrogens is 231 g/mol. The number of halogens is 2. The Kier molecular flexibility index (Phi) is 2.98. The minimum absolute atomic E-state index is 0.512. The van der Waals surface area contributed by atoms with Gasteiger partial charge in [-0.2, -0.15) is 5.10 Å². The van der Waals surface area contributed by atoms with E-state index in [1.807, 2.05) is 18.3 Å². The summed E-state index contributed by atoms with van der Waals surface area (Å²) in [5.41, 5.74) is 1.84. The number of aromatic nitrogens is 2. The molecule has 0 aliphatic rings. The summed E-state index contributed by atoms with van der Waals surface area (Å²) >= 11 is 12.0. The van der Waals surface area contributed by atoms with Crippen LogP contribution in [0.15, 0.2) is 30.6 Å². The van der Waals surface area contributed by atoms with E-state index in [9.17, 15) is 0 Å². The standard InChI is InChI=1S/C11H9Cl2N2/c1-2-8-6-14-15(7-8)10-5-3-4-9(12)11(10)13/h3-7H,1-2H2. The molecule has 0 atom stereocenters. The lowest BCUT2D eigenvalue weighted by molar-refractivity contribution is 0.880. The molecule has 1 radical (unpaired) electrons. The van der Waals surface area contributed by atoms with Gasteiger partial charge < -0.3 is 0 Å². The van der Waals surface area contributed by atoms with Crippen LogP contribution in [-0.4, -0.2) is 9.78 Å². The van der Waals surface area contributed by atoms with Crippen LogP contribution >= 0.6 is 23.2 Å². The molecule has 0 N–H and O–H groups in total. The molecule has 0 unspecified atom stereocenters. The summed E-state index contributed by atoms with van der Waals surface area (Å²) in [7, 11) is 0. The van der Waals surface area contributed by atoms with Crippen LogP contribution in [0.2, 0.25) is 10.0 Å². The van der Waals surface area contributed by atoms with Crippen molar-refractivity contribution in [2.45, 2.75) is 6.42 Å². The average molecular weight is 240 g/mol. The SMILES string of the molecule is [CH2]Cc1cnn(-c2cccc(Cl)c2Cl)c1. The molecule has 1 heterocycles. The van der Waals surface area contributed by atoms with Gasteiger partial charge >= 0.3 is 0 Å². The molecule has 0 spiro atoms. The Morgan fingerprint density at radius 2 is 2.13 bits per heavy atom. The van der Waals surface area contributed by atoms with E-state index < -0.39 is 0 Å². The van der Waals surface area contributed by atoms with Crippen LogP contribution < -0.4 is 0 Å².